The van der Waals surface area contributed by atoms with Gasteiger partial charge in [0.05, 0.1) is 0 Å². The van der Waals surface area contributed by atoms with E-state index in [4.69, 9.17) is 6.42 Å². The van der Waals surface area contributed by atoms with E-state index in [-0.39, 0.29) is 64.0 Å². The van der Waals surface area contributed by atoms with Crippen molar-refractivity contribution in [3.8, 4) is 5.92 Å². The summed E-state index contributed by atoms with van der Waals surface area (Å²) in [5.74, 6) is 2.27. The number of unbranched alkanes of at least 4 members (excludes halogenated alkanes) is 1. The van der Waals surface area contributed by atoms with Crippen LogP contribution in [0.25, 0.3) is 0 Å². The van der Waals surface area contributed by atoms with Crippen molar-refractivity contribution in [2.75, 3.05) is 0 Å². The Bertz CT molecular complexity index is 50.9. The van der Waals surface area contributed by atoms with Crippen LogP contribution in [0.2, 0.25) is 0 Å². The number of halogens is 2. The zero-order chi connectivity index (χ0) is 4.12. The van der Waals surface area contributed by atoms with Gasteiger partial charge in [-0.1, -0.05) is 6.92 Å². The van der Waals surface area contributed by atoms with Gasteiger partial charge in [-0.25, -0.2) is 0 Å². The summed E-state index contributed by atoms with van der Waals surface area (Å²) < 4.78 is 0. The van der Waals surface area contributed by atoms with Gasteiger partial charge in [0.25, 0.3) is 0 Å². The maximum atomic E-state index is 6.35. The van der Waals surface area contributed by atoms with Crippen LogP contribution in [-0.2, 0) is 0 Å². The summed E-state index contributed by atoms with van der Waals surface area (Å²) in [6.07, 6.45) is 8.20. The first-order chi connectivity index (χ1) is 2.41. The molecule has 0 N–H and O–H groups in total. The van der Waals surface area contributed by atoms with Crippen molar-refractivity contribution >= 4 is 47.0 Å². The predicted octanol–water partition coefficient (Wildman–Crippen LogP) is -1.38. The van der Waals surface area contributed by atoms with E-state index in [2.05, 4.69) is 5.92 Å². The molecule has 0 aromatic rings. The van der Waals surface area contributed by atoms with E-state index in [1.807, 2.05) is 6.92 Å². The van der Waals surface area contributed by atoms with Crippen LogP contribution in [0, 0.1) is 12.3 Å². The van der Waals surface area contributed by atoms with Crippen molar-refractivity contribution < 1.29 is 17.0 Å². The Balaban J connectivity index is -0.0000000267. The van der Waals surface area contributed by atoms with Crippen LogP contribution in [0.3, 0.4) is 0 Å². The van der Waals surface area contributed by atoms with Crippen molar-refractivity contribution in [1.29, 1.82) is 0 Å². The van der Waals surface area contributed by atoms with Gasteiger partial charge in [-0.15, -0.1) is 24.0 Å². The molecule has 0 aromatic carbocycles. The quantitative estimate of drug-likeness (QED) is 0.242. The van der Waals surface area contributed by atoms with E-state index >= 15 is 0 Å². The van der Waals surface area contributed by atoms with Crippen LogP contribution in [0.1, 0.15) is 19.8 Å². The summed E-state index contributed by atoms with van der Waals surface area (Å²) >= 11 is 0. The van der Waals surface area contributed by atoms with Gasteiger partial charge in [-0.05, 0) is 12.8 Å². The second kappa shape index (κ2) is 23.6. The number of hydrogen-bond acceptors (Lipinski definition) is 0. The fourth-order valence-electron chi connectivity index (χ4n) is 0.125. The largest absolute Gasteiger partial charge is 2.00 e. The van der Waals surface area contributed by atoms with Crippen LogP contribution >= 0.6 is 24.0 Å². The zero-order valence-corrected chi connectivity index (χ0v) is 10.2. The van der Waals surface area contributed by atoms with Gasteiger partial charge in [0.1, 0.15) is 0 Å². The molecule has 0 saturated carbocycles. The van der Waals surface area contributed by atoms with Gasteiger partial charge in [0, 0.05) is 0 Å². The fourth-order valence-corrected chi connectivity index (χ4v) is 0.125. The van der Waals surface area contributed by atoms with Gasteiger partial charge in [0.15, 0.2) is 0 Å². The van der Waals surface area contributed by atoms with Crippen molar-refractivity contribution in [1.82, 2.24) is 0 Å². The smallest absolute Gasteiger partial charge is 1.00 e. The molecular formula is C5H8BrIMg. The predicted molar refractivity (Wildman–Crippen MR) is 43.2 cm³/mol. The second-order valence-electron chi connectivity index (χ2n) is 0.927. The van der Waals surface area contributed by atoms with Crippen molar-refractivity contribution in [2.24, 2.45) is 0 Å². The van der Waals surface area contributed by atoms with Gasteiger partial charge < -0.3 is 29.3 Å². The summed E-state index contributed by atoms with van der Waals surface area (Å²) in [5.41, 5.74) is 0. The van der Waals surface area contributed by atoms with Gasteiger partial charge in [-0.2, -0.15) is 0 Å². The van der Waals surface area contributed by atoms with E-state index in [0.717, 1.165) is 12.8 Å². The minimum absolute atomic E-state index is 0. The molecule has 0 spiro atoms. The van der Waals surface area contributed by atoms with E-state index in [0.29, 0.717) is 0 Å². The molecule has 8 heavy (non-hydrogen) atoms. The molecule has 0 fully saturated rings. The van der Waals surface area contributed by atoms with Gasteiger partial charge in [0.2, 0.25) is 0 Å². The molecule has 44 valence electrons. The van der Waals surface area contributed by atoms with Crippen LogP contribution in [0.5, 0.6) is 0 Å². The molecule has 0 saturated heterocycles. The van der Waals surface area contributed by atoms with Crippen molar-refractivity contribution in [3.05, 3.63) is 6.42 Å². The van der Waals surface area contributed by atoms with Crippen molar-refractivity contribution in [2.45, 2.75) is 19.8 Å². The average molecular weight is 299 g/mol. The van der Waals surface area contributed by atoms with Crippen LogP contribution < -0.4 is 17.0 Å². The third-order valence-corrected chi connectivity index (χ3v) is 0.375. The van der Waals surface area contributed by atoms with E-state index in [9.17, 15) is 0 Å². The Kier molecular flexibility index (Phi) is 66.8. The monoisotopic (exact) mass is 298 g/mol. The summed E-state index contributed by atoms with van der Waals surface area (Å²) in [5, 5.41) is 0. The third-order valence-electron chi connectivity index (χ3n) is 0.375. The van der Waals surface area contributed by atoms with Crippen LogP contribution in [0.4, 0.5) is 0 Å². The number of hydrogen-bond donors (Lipinski definition) is 0. The van der Waals surface area contributed by atoms with E-state index in [1.165, 1.54) is 0 Å². The Morgan fingerprint density at radius 1 is 1.50 bits per heavy atom. The standard InChI is InChI=1S/C5H7.BrH.HI.Mg/c1-3-5-4-2;;;/h3,5H2,1H3;2*1H;/q-1;;;+2/p-1. The maximum absolute atomic E-state index is 6.35. The molecule has 3 heteroatoms. The first-order valence-electron chi connectivity index (χ1n) is 1.81. The van der Waals surface area contributed by atoms with Gasteiger partial charge >= 0.3 is 23.1 Å². The topological polar surface area (TPSA) is 0 Å². The first kappa shape index (κ1) is 22.7. The fraction of sp³-hybridized carbons (Fsp3) is 0.600. The van der Waals surface area contributed by atoms with Crippen molar-refractivity contribution in [3.63, 3.8) is 0 Å². The molecule has 0 radical (unpaired) electrons. The molecule has 0 rings (SSSR count). The molecule has 0 aliphatic rings. The molecule has 0 bridgehead atoms. The Morgan fingerprint density at radius 3 is 1.88 bits per heavy atom. The van der Waals surface area contributed by atoms with E-state index < -0.39 is 0 Å². The van der Waals surface area contributed by atoms with E-state index in [1.54, 1.807) is 0 Å². The third kappa shape index (κ3) is 25.7. The average Bonchev–Trinajstić information content (AvgIpc) is 1.41. The Morgan fingerprint density at radius 2 is 1.88 bits per heavy atom. The second-order valence-corrected chi connectivity index (χ2v) is 0.927. The molecule has 0 unspecified atom stereocenters. The maximum Gasteiger partial charge on any atom is 2.00 e. The summed E-state index contributed by atoms with van der Waals surface area (Å²) in [4.78, 5) is 0. The summed E-state index contributed by atoms with van der Waals surface area (Å²) in [7, 11) is 0. The Labute approximate surface area is 95.1 Å². The molecule has 0 aliphatic carbocycles. The minimum atomic E-state index is 0. The summed E-state index contributed by atoms with van der Waals surface area (Å²) in [6, 6.07) is 0. The molecular weight excluding hydrogens is 291 g/mol. The first-order valence-corrected chi connectivity index (χ1v) is 1.81. The molecule has 0 amide bonds. The molecule has 0 aromatic heterocycles. The number of rotatable bonds is 1. The molecule has 0 atom stereocenters. The van der Waals surface area contributed by atoms with Gasteiger partial charge in [-0.3, -0.25) is 0 Å². The zero-order valence-electron chi connectivity index (χ0n) is 4.91. The minimum Gasteiger partial charge on any atom is -1.00 e. The van der Waals surface area contributed by atoms with Crippen LogP contribution in [0.15, 0.2) is 0 Å². The molecule has 0 aliphatic heterocycles. The molecule has 0 nitrogen and oxygen atoms in total. The SMILES string of the molecule is I.[Br-].[C-]#CCCC.[Mg+2]. The van der Waals surface area contributed by atoms with Crippen LogP contribution in [-0.4, -0.2) is 23.1 Å². The Hall–Kier alpha value is 1.54. The molecule has 0 heterocycles. The normalized spacial score (nSPS) is 4.00. The summed E-state index contributed by atoms with van der Waals surface area (Å²) in [6.45, 7) is 2.03.